The number of likely N-dealkylation sites (tertiary alicyclic amines) is 1. The van der Waals surface area contributed by atoms with Gasteiger partial charge in [-0.2, -0.15) is 0 Å². The van der Waals surface area contributed by atoms with Crippen molar-refractivity contribution in [3.8, 4) is 0 Å². The molecule has 0 bridgehead atoms. The van der Waals surface area contributed by atoms with E-state index in [4.69, 9.17) is 5.73 Å². The molecule has 34 heavy (non-hydrogen) atoms. The number of halogens is 1. The fourth-order valence-electron chi connectivity index (χ4n) is 5.18. The Bertz CT molecular complexity index is 831. The largest absolute Gasteiger partial charge is 0.367 e. The van der Waals surface area contributed by atoms with Crippen molar-refractivity contribution in [2.75, 3.05) is 31.1 Å². The van der Waals surface area contributed by atoms with Gasteiger partial charge in [0.25, 0.3) is 0 Å². The summed E-state index contributed by atoms with van der Waals surface area (Å²) in [5.74, 6) is 1.18. The first kappa shape index (κ1) is 26.7. The Morgan fingerprint density at radius 2 is 1.56 bits per heavy atom. The molecule has 0 amide bonds. The predicted octanol–water partition coefficient (Wildman–Crippen LogP) is 6.30. The average Bonchev–Trinajstić information content (AvgIpc) is 2.79. The summed E-state index contributed by atoms with van der Waals surface area (Å²) in [6.45, 7) is 13.5. The second-order valence-electron chi connectivity index (χ2n) is 11.1. The molecule has 4 heteroatoms. The minimum Gasteiger partial charge on any atom is -0.367 e. The van der Waals surface area contributed by atoms with E-state index in [-0.39, 0.29) is 11.9 Å². The summed E-state index contributed by atoms with van der Waals surface area (Å²) >= 11 is 0. The highest BCUT2D eigenvalue weighted by Crippen LogP contribution is 2.25. The lowest BCUT2D eigenvalue weighted by Crippen LogP contribution is -2.51. The molecule has 188 valence electrons. The summed E-state index contributed by atoms with van der Waals surface area (Å²) < 4.78 is 13.2. The van der Waals surface area contributed by atoms with Gasteiger partial charge in [-0.25, -0.2) is 4.39 Å². The highest BCUT2D eigenvalue weighted by molar-refractivity contribution is 5.49. The number of piperidine rings is 1. The number of aryl methyl sites for hydroxylation is 2. The molecule has 0 saturated carbocycles. The predicted molar refractivity (Wildman–Crippen MR) is 144 cm³/mol. The van der Waals surface area contributed by atoms with Crippen molar-refractivity contribution in [3.05, 3.63) is 65.5 Å². The van der Waals surface area contributed by atoms with E-state index in [2.05, 4.69) is 61.8 Å². The molecule has 2 aromatic carbocycles. The van der Waals surface area contributed by atoms with Gasteiger partial charge in [0.15, 0.2) is 0 Å². The van der Waals surface area contributed by atoms with Crippen LogP contribution in [-0.2, 0) is 12.8 Å². The van der Waals surface area contributed by atoms with E-state index < -0.39 is 0 Å². The topological polar surface area (TPSA) is 32.5 Å². The van der Waals surface area contributed by atoms with E-state index >= 15 is 0 Å². The summed E-state index contributed by atoms with van der Waals surface area (Å²) in [6.07, 6.45) is 6.70. The van der Waals surface area contributed by atoms with Crippen LogP contribution in [0.2, 0.25) is 0 Å². The van der Waals surface area contributed by atoms with Crippen LogP contribution in [0.3, 0.4) is 0 Å². The third-order valence-corrected chi connectivity index (χ3v) is 7.02. The molecule has 2 atom stereocenters. The van der Waals surface area contributed by atoms with Gasteiger partial charge in [0.1, 0.15) is 5.82 Å². The Labute approximate surface area is 207 Å². The first-order valence-corrected chi connectivity index (χ1v) is 13.4. The average molecular weight is 468 g/mol. The van der Waals surface area contributed by atoms with Gasteiger partial charge >= 0.3 is 0 Å². The van der Waals surface area contributed by atoms with Crippen molar-refractivity contribution in [3.63, 3.8) is 0 Å². The van der Waals surface area contributed by atoms with E-state index in [1.54, 1.807) is 12.1 Å². The Morgan fingerprint density at radius 1 is 0.941 bits per heavy atom. The van der Waals surface area contributed by atoms with Gasteiger partial charge in [-0.1, -0.05) is 52.0 Å². The van der Waals surface area contributed by atoms with Crippen molar-refractivity contribution in [1.29, 1.82) is 0 Å². The van der Waals surface area contributed by atoms with Gasteiger partial charge < -0.3 is 10.6 Å². The summed E-state index contributed by atoms with van der Waals surface area (Å²) in [5.41, 5.74) is 10.3. The highest BCUT2D eigenvalue weighted by atomic mass is 19.1. The first-order valence-electron chi connectivity index (χ1n) is 13.4. The molecule has 0 aromatic heterocycles. The minimum atomic E-state index is -0.169. The van der Waals surface area contributed by atoms with Gasteiger partial charge in [0.2, 0.25) is 0 Å². The molecular formula is C30H46FN3. The number of benzene rings is 2. The van der Waals surface area contributed by atoms with Crippen LogP contribution in [0.25, 0.3) is 0 Å². The molecule has 1 unspecified atom stereocenters. The van der Waals surface area contributed by atoms with E-state index in [9.17, 15) is 4.39 Å². The highest BCUT2D eigenvalue weighted by Gasteiger charge is 2.26. The fraction of sp³-hybridized carbons (Fsp3) is 0.600. The zero-order chi connectivity index (χ0) is 24.5. The lowest BCUT2D eigenvalue weighted by molar-refractivity contribution is 0.187. The van der Waals surface area contributed by atoms with E-state index in [0.717, 1.165) is 38.9 Å². The van der Waals surface area contributed by atoms with E-state index in [1.807, 2.05) is 12.1 Å². The standard InChI is InChI=1S/C30H46FN3/c1-23(2)17-19-34(30-6-5-18-33(22-30)21-28(32)20-24(3)4)29-15-11-26(12-16-29)8-7-25-9-13-27(31)14-10-25/h9-16,23-24,28,30H,5-8,17-22,32H2,1-4H3/t28?,30-/m0/s1. The van der Waals surface area contributed by atoms with Gasteiger partial charge in [-0.05, 0) is 92.3 Å². The van der Waals surface area contributed by atoms with Gasteiger partial charge in [-0.15, -0.1) is 0 Å². The van der Waals surface area contributed by atoms with Crippen LogP contribution in [0, 0.1) is 17.7 Å². The molecule has 3 nitrogen and oxygen atoms in total. The number of rotatable bonds is 12. The zero-order valence-corrected chi connectivity index (χ0v) is 21.8. The molecule has 2 aromatic rings. The van der Waals surface area contributed by atoms with Gasteiger partial charge in [-0.3, -0.25) is 4.90 Å². The normalized spacial score (nSPS) is 17.9. The van der Waals surface area contributed by atoms with E-state index in [1.165, 1.54) is 42.6 Å². The Morgan fingerprint density at radius 3 is 2.15 bits per heavy atom. The number of nitrogens with zero attached hydrogens (tertiary/aromatic N) is 2. The van der Waals surface area contributed by atoms with Crippen LogP contribution in [0.15, 0.2) is 48.5 Å². The number of nitrogens with two attached hydrogens (primary N) is 1. The smallest absolute Gasteiger partial charge is 0.123 e. The van der Waals surface area contributed by atoms with Crippen molar-refractivity contribution in [2.45, 2.75) is 78.3 Å². The lowest BCUT2D eigenvalue weighted by Gasteiger charge is -2.42. The van der Waals surface area contributed by atoms with E-state index in [0.29, 0.717) is 17.9 Å². The van der Waals surface area contributed by atoms with Crippen molar-refractivity contribution >= 4 is 5.69 Å². The summed E-state index contributed by atoms with van der Waals surface area (Å²) in [5, 5.41) is 0. The second kappa shape index (κ2) is 13.3. The molecule has 0 spiro atoms. The number of anilines is 1. The molecular weight excluding hydrogens is 421 g/mol. The van der Waals surface area contributed by atoms with Crippen molar-refractivity contribution < 1.29 is 4.39 Å². The van der Waals surface area contributed by atoms with Crippen LogP contribution < -0.4 is 10.6 Å². The monoisotopic (exact) mass is 467 g/mol. The molecule has 2 N–H and O–H groups in total. The first-order chi connectivity index (χ1) is 16.3. The van der Waals surface area contributed by atoms with Crippen molar-refractivity contribution in [1.82, 2.24) is 4.90 Å². The molecule has 3 rings (SSSR count). The van der Waals surface area contributed by atoms with Crippen LogP contribution in [0.1, 0.15) is 64.5 Å². The molecule has 1 heterocycles. The Kier molecular flexibility index (Phi) is 10.4. The minimum absolute atomic E-state index is 0.169. The maximum absolute atomic E-state index is 13.2. The van der Waals surface area contributed by atoms with Crippen LogP contribution in [-0.4, -0.2) is 43.2 Å². The van der Waals surface area contributed by atoms with Crippen LogP contribution in [0.5, 0.6) is 0 Å². The van der Waals surface area contributed by atoms with Crippen molar-refractivity contribution in [2.24, 2.45) is 17.6 Å². The fourth-order valence-corrected chi connectivity index (χ4v) is 5.18. The Balaban J connectivity index is 1.64. The molecule has 1 fully saturated rings. The maximum atomic E-state index is 13.2. The lowest BCUT2D eigenvalue weighted by atomic mass is 9.98. The third-order valence-electron chi connectivity index (χ3n) is 7.02. The summed E-state index contributed by atoms with van der Waals surface area (Å²) in [4.78, 5) is 5.25. The van der Waals surface area contributed by atoms with Crippen LogP contribution >= 0.6 is 0 Å². The van der Waals surface area contributed by atoms with Gasteiger partial charge in [0, 0.05) is 37.4 Å². The summed E-state index contributed by atoms with van der Waals surface area (Å²) in [7, 11) is 0. The molecule has 0 aliphatic carbocycles. The van der Waals surface area contributed by atoms with Crippen LogP contribution in [0.4, 0.5) is 10.1 Å². The van der Waals surface area contributed by atoms with Gasteiger partial charge in [0.05, 0.1) is 0 Å². The third kappa shape index (κ3) is 8.70. The SMILES string of the molecule is CC(C)CCN(c1ccc(CCc2ccc(F)cc2)cc1)[C@H]1CCCN(CC(N)CC(C)C)C1. The molecule has 1 aliphatic rings. The number of hydrogen-bond acceptors (Lipinski definition) is 3. The molecule has 1 aliphatic heterocycles. The Hall–Kier alpha value is -1.91. The zero-order valence-electron chi connectivity index (χ0n) is 21.8. The molecule has 1 saturated heterocycles. The number of hydrogen-bond donors (Lipinski definition) is 1. The quantitative estimate of drug-likeness (QED) is 0.397. The second-order valence-corrected chi connectivity index (χ2v) is 11.1. The maximum Gasteiger partial charge on any atom is 0.123 e. The summed E-state index contributed by atoms with van der Waals surface area (Å²) in [6, 6.07) is 16.9. The molecule has 0 radical (unpaired) electrons.